The maximum atomic E-state index is 13.7. The van der Waals surface area contributed by atoms with Crippen LogP contribution in [0.1, 0.15) is 29.6 Å². The van der Waals surface area contributed by atoms with Gasteiger partial charge in [-0.15, -0.1) is 0 Å². The summed E-state index contributed by atoms with van der Waals surface area (Å²) in [4.78, 5) is 12.2. The van der Waals surface area contributed by atoms with Gasteiger partial charge in [-0.05, 0) is 43.2 Å². The molecule has 0 atom stereocenters. The molecule has 9 heteroatoms. The first-order chi connectivity index (χ1) is 12.8. The number of rotatable bonds is 4. The van der Waals surface area contributed by atoms with Crippen LogP contribution in [0.5, 0.6) is 0 Å². The Morgan fingerprint density at radius 2 is 1.67 bits per heavy atom. The van der Waals surface area contributed by atoms with Crippen molar-refractivity contribution >= 4 is 33.2 Å². The minimum Gasteiger partial charge on any atom is -0.317 e. The Balaban J connectivity index is 1.92. The molecular formula is C18H17ClF2N2O3S. The molecule has 1 fully saturated rings. The van der Waals surface area contributed by atoms with Crippen molar-refractivity contribution in [1.29, 1.82) is 0 Å². The number of halogens is 3. The summed E-state index contributed by atoms with van der Waals surface area (Å²) in [6.07, 6.45) is 2.46. The van der Waals surface area contributed by atoms with Crippen LogP contribution in [0.3, 0.4) is 0 Å². The standard InChI is InChI=1S/C18H17ClF2N2O3S/c19-13-8-7-12(18(24)22-17-14(20)5-4-6-15(17)21)11-16(13)27(25,26)23-9-2-1-3-10-23/h4-8,11H,1-3,9-10H2,(H,22,24). The highest BCUT2D eigenvalue weighted by Gasteiger charge is 2.29. The molecule has 0 bridgehead atoms. The molecule has 1 N–H and O–H groups in total. The number of carbonyl (C=O) groups excluding carboxylic acids is 1. The van der Waals surface area contributed by atoms with Crippen LogP contribution in [-0.2, 0) is 10.0 Å². The van der Waals surface area contributed by atoms with Crippen molar-refractivity contribution in [3.05, 3.63) is 58.6 Å². The topological polar surface area (TPSA) is 66.5 Å². The molecule has 144 valence electrons. The lowest BCUT2D eigenvalue weighted by molar-refractivity contribution is 0.102. The van der Waals surface area contributed by atoms with E-state index in [4.69, 9.17) is 11.6 Å². The van der Waals surface area contributed by atoms with Gasteiger partial charge in [0.25, 0.3) is 5.91 Å². The van der Waals surface area contributed by atoms with Crippen LogP contribution in [0.2, 0.25) is 5.02 Å². The van der Waals surface area contributed by atoms with E-state index in [1.54, 1.807) is 0 Å². The van der Waals surface area contributed by atoms with Crippen molar-refractivity contribution in [2.24, 2.45) is 0 Å². The number of piperidine rings is 1. The van der Waals surface area contributed by atoms with E-state index in [1.165, 1.54) is 22.5 Å². The summed E-state index contributed by atoms with van der Waals surface area (Å²) < 4.78 is 54.5. The summed E-state index contributed by atoms with van der Waals surface area (Å²) >= 11 is 6.06. The average Bonchev–Trinajstić information content (AvgIpc) is 2.65. The SMILES string of the molecule is O=C(Nc1c(F)cccc1F)c1ccc(Cl)c(S(=O)(=O)N2CCCCC2)c1. The second-order valence-electron chi connectivity index (χ2n) is 6.16. The zero-order valence-electron chi connectivity index (χ0n) is 14.2. The van der Waals surface area contributed by atoms with Gasteiger partial charge in [0.05, 0.1) is 5.02 Å². The maximum Gasteiger partial charge on any atom is 0.255 e. The largest absolute Gasteiger partial charge is 0.317 e. The monoisotopic (exact) mass is 414 g/mol. The quantitative estimate of drug-likeness (QED) is 0.820. The fraction of sp³-hybridized carbons (Fsp3) is 0.278. The number of nitrogens with zero attached hydrogens (tertiary/aromatic N) is 1. The molecule has 0 spiro atoms. The van der Waals surface area contributed by atoms with Crippen molar-refractivity contribution in [3.8, 4) is 0 Å². The molecule has 1 saturated heterocycles. The Morgan fingerprint density at radius 1 is 1.04 bits per heavy atom. The minimum absolute atomic E-state index is 0.0193. The number of benzene rings is 2. The molecule has 1 aliphatic rings. The lowest BCUT2D eigenvalue weighted by Crippen LogP contribution is -2.35. The lowest BCUT2D eigenvalue weighted by Gasteiger charge is -2.26. The van der Waals surface area contributed by atoms with Gasteiger partial charge in [-0.2, -0.15) is 4.31 Å². The van der Waals surface area contributed by atoms with Crippen molar-refractivity contribution in [3.63, 3.8) is 0 Å². The molecule has 0 aromatic heterocycles. The zero-order chi connectivity index (χ0) is 19.6. The summed E-state index contributed by atoms with van der Waals surface area (Å²) in [5.74, 6) is -2.71. The minimum atomic E-state index is -3.86. The van der Waals surface area contributed by atoms with Gasteiger partial charge in [-0.3, -0.25) is 4.79 Å². The fourth-order valence-corrected chi connectivity index (χ4v) is 4.91. The highest BCUT2D eigenvalue weighted by atomic mass is 35.5. The molecule has 1 heterocycles. The predicted molar refractivity (Wildman–Crippen MR) is 98.4 cm³/mol. The van der Waals surface area contributed by atoms with Gasteiger partial charge in [0.15, 0.2) is 0 Å². The summed E-state index contributed by atoms with van der Waals surface area (Å²) in [6, 6.07) is 6.89. The number of hydrogen-bond acceptors (Lipinski definition) is 3. The fourth-order valence-electron chi connectivity index (χ4n) is 2.89. The Labute approximate surface area is 161 Å². The Hall–Kier alpha value is -2.03. The highest BCUT2D eigenvalue weighted by Crippen LogP contribution is 2.28. The molecule has 3 rings (SSSR count). The molecule has 0 unspecified atom stereocenters. The van der Waals surface area contributed by atoms with E-state index < -0.39 is 33.3 Å². The maximum absolute atomic E-state index is 13.7. The van der Waals surface area contributed by atoms with Crippen LogP contribution in [-0.4, -0.2) is 31.7 Å². The lowest BCUT2D eigenvalue weighted by atomic mass is 10.2. The summed E-state index contributed by atoms with van der Waals surface area (Å²) in [5, 5.41) is 2.11. The van der Waals surface area contributed by atoms with Crippen LogP contribution in [0, 0.1) is 11.6 Å². The average molecular weight is 415 g/mol. The number of nitrogens with one attached hydrogen (secondary N) is 1. The van der Waals surface area contributed by atoms with Gasteiger partial charge in [0, 0.05) is 18.7 Å². The first-order valence-electron chi connectivity index (χ1n) is 8.36. The first kappa shape index (κ1) is 19.7. The third-order valence-corrected chi connectivity index (χ3v) is 6.71. The van der Waals surface area contributed by atoms with Gasteiger partial charge in [0.1, 0.15) is 22.2 Å². The molecule has 5 nitrogen and oxygen atoms in total. The van der Waals surface area contributed by atoms with E-state index in [9.17, 15) is 22.0 Å². The summed E-state index contributed by atoms with van der Waals surface area (Å²) in [5.41, 5.74) is -0.671. The highest BCUT2D eigenvalue weighted by molar-refractivity contribution is 7.89. The van der Waals surface area contributed by atoms with Crippen LogP contribution in [0.25, 0.3) is 0 Å². The first-order valence-corrected chi connectivity index (χ1v) is 10.2. The predicted octanol–water partition coefficient (Wildman–Crippen LogP) is 4.05. The van der Waals surface area contributed by atoms with Gasteiger partial charge < -0.3 is 5.32 Å². The molecular weight excluding hydrogens is 398 g/mol. The molecule has 0 saturated carbocycles. The van der Waals surface area contributed by atoms with Crippen LogP contribution in [0.15, 0.2) is 41.3 Å². The van der Waals surface area contributed by atoms with Crippen molar-refractivity contribution in [2.75, 3.05) is 18.4 Å². The Kier molecular flexibility index (Phi) is 5.78. The van der Waals surface area contributed by atoms with Gasteiger partial charge in [-0.1, -0.05) is 24.1 Å². The van der Waals surface area contributed by atoms with E-state index in [0.717, 1.165) is 37.5 Å². The van der Waals surface area contributed by atoms with Crippen molar-refractivity contribution < 1.29 is 22.0 Å². The van der Waals surface area contributed by atoms with E-state index in [2.05, 4.69) is 5.32 Å². The number of carbonyl (C=O) groups is 1. The normalized spacial score (nSPS) is 15.5. The molecule has 2 aromatic rings. The van der Waals surface area contributed by atoms with Gasteiger partial charge >= 0.3 is 0 Å². The number of amides is 1. The van der Waals surface area contributed by atoms with Gasteiger partial charge in [-0.25, -0.2) is 17.2 Å². The van der Waals surface area contributed by atoms with E-state index >= 15 is 0 Å². The van der Waals surface area contributed by atoms with E-state index in [0.29, 0.717) is 13.1 Å². The Morgan fingerprint density at radius 3 is 2.30 bits per heavy atom. The van der Waals surface area contributed by atoms with Crippen molar-refractivity contribution in [2.45, 2.75) is 24.2 Å². The number of para-hydroxylation sites is 1. The van der Waals surface area contributed by atoms with Crippen molar-refractivity contribution in [1.82, 2.24) is 4.31 Å². The number of anilines is 1. The van der Waals surface area contributed by atoms with Crippen LogP contribution in [0.4, 0.5) is 14.5 Å². The molecule has 0 radical (unpaired) electrons. The van der Waals surface area contributed by atoms with E-state index in [-0.39, 0.29) is 15.5 Å². The zero-order valence-corrected chi connectivity index (χ0v) is 15.8. The molecule has 27 heavy (non-hydrogen) atoms. The van der Waals surface area contributed by atoms with E-state index in [1.807, 2.05) is 0 Å². The second kappa shape index (κ2) is 7.92. The smallest absolute Gasteiger partial charge is 0.255 e. The Bertz CT molecular complexity index is 956. The third-order valence-electron chi connectivity index (χ3n) is 4.33. The molecule has 0 aliphatic carbocycles. The number of sulfonamides is 1. The van der Waals surface area contributed by atoms with Gasteiger partial charge in [0.2, 0.25) is 10.0 Å². The third kappa shape index (κ3) is 4.12. The summed E-state index contributed by atoms with van der Waals surface area (Å²) in [6.45, 7) is 0.769. The summed E-state index contributed by atoms with van der Waals surface area (Å²) in [7, 11) is -3.86. The van der Waals surface area contributed by atoms with Crippen LogP contribution < -0.4 is 5.32 Å². The second-order valence-corrected chi connectivity index (χ2v) is 8.47. The number of hydrogen-bond donors (Lipinski definition) is 1. The molecule has 1 aliphatic heterocycles. The van der Waals surface area contributed by atoms with Crippen LogP contribution >= 0.6 is 11.6 Å². The molecule has 1 amide bonds. The molecule has 2 aromatic carbocycles.